The van der Waals surface area contributed by atoms with E-state index < -0.39 is 0 Å². The molecule has 0 atom stereocenters. The molecule has 0 saturated carbocycles. The van der Waals surface area contributed by atoms with Gasteiger partial charge >= 0.3 is 0 Å². The molecule has 0 saturated heterocycles. The summed E-state index contributed by atoms with van der Waals surface area (Å²) in [6, 6.07) is 2.16. The minimum absolute atomic E-state index is 0.162. The molecule has 0 bridgehead atoms. The number of nitrogens with two attached hydrogens (primary N) is 1. The predicted molar refractivity (Wildman–Crippen MR) is 87.3 cm³/mol. The maximum absolute atomic E-state index is 5.79. The van der Waals surface area contributed by atoms with Crippen molar-refractivity contribution in [1.82, 2.24) is 9.97 Å². The number of thioether (sulfide) groups is 1. The molecule has 2 aromatic rings. The van der Waals surface area contributed by atoms with Crippen molar-refractivity contribution in [2.24, 2.45) is 0 Å². The van der Waals surface area contributed by atoms with E-state index in [0.29, 0.717) is 5.95 Å². The average molecular weight is 296 g/mol. The number of anilines is 2. The van der Waals surface area contributed by atoms with Crippen LogP contribution in [0.15, 0.2) is 6.07 Å². The summed E-state index contributed by atoms with van der Waals surface area (Å²) >= 11 is 3.52. The second-order valence-electron chi connectivity index (χ2n) is 5.03. The third-order valence-corrected chi connectivity index (χ3v) is 5.47. The second-order valence-corrected chi connectivity index (χ2v) is 7.66. The number of thiophene rings is 1. The maximum Gasteiger partial charge on any atom is 0.223 e. The fraction of sp³-hybridized carbons (Fsp3) is 0.538. The lowest BCUT2D eigenvalue weighted by Gasteiger charge is -2.22. The van der Waals surface area contributed by atoms with Gasteiger partial charge in [0.2, 0.25) is 5.95 Å². The zero-order valence-corrected chi connectivity index (χ0v) is 13.4. The third kappa shape index (κ3) is 3.30. The van der Waals surface area contributed by atoms with Crippen molar-refractivity contribution in [3.63, 3.8) is 0 Å². The fourth-order valence-electron chi connectivity index (χ4n) is 1.67. The number of rotatable bonds is 5. The normalized spacial score (nSPS) is 12.0. The van der Waals surface area contributed by atoms with Crippen LogP contribution in [0.4, 0.5) is 11.8 Å². The highest BCUT2D eigenvalue weighted by Gasteiger charge is 2.17. The second kappa shape index (κ2) is 5.54. The smallest absolute Gasteiger partial charge is 0.223 e. The largest absolute Gasteiger partial charge is 0.368 e. The van der Waals surface area contributed by atoms with E-state index in [0.717, 1.165) is 29.0 Å². The average Bonchev–Trinajstić information content (AvgIpc) is 2.79. The van der Waals surface area contributed by atoms with Gasteiger partial charge in [-0.25, -0.2) is 4.98 Å². The lowest BCUT2D eigenvalue weighted by molar-refractivity contribution is 0.751. The summed E-state index contributed by atoms with van der Waals surface area (Å²) in [6.45, 7) is 7.40. The number of hydrogen-bond acceptors (Lipinski definition) is 6. The van der Waals surface area contributed by atoms with Crippen molar-refractivity contribution >= 4 is 45.1 Å². The Morgan fingerprint density at radius 2 is 2.16 bits per heavy atom. The molecule has 0 radical (unpaired) electrons. The number of hydrogen-bond donors (Lipinski definition) is 2. The van der Waals surface area contributed by atoms with Gasteiger partial charge < -0.3 is 11.1 Å². The Bertz CT molecular complexity index is 577. The zero-order chi connectivity index (χ0) is 14.0. The molecule has 0 unspecified atom stereocenters. The third-order valence-electron chi connectivity index (χ3n) is 3.04. The van der Waals surface area contributed by atoms with E-state index in [2.05, 4.69) is 48.4 Å². The van der Waals surface area contributed by atoms with Gasteiger partial charge in [-0.2, -0.15) is 16.7 Å². The Kier molecular flexibility index (Phi) is 4.20. The van der Waals surface area contributed by atoms with Gasteiger partial charge in [-0.3, -0.25) is 0 Å². The van der Waals surface area contributed by atoms with Crippen molar-refractivity contribution in [3.8, 4) is 0 Å². The van der Waals surface area contributed by atoms with Crippen LogP contribution in [0.2, 0.25) is 0 Å². The molecule has 2 heterocycles. The summed E-state index contributed by atoms with van der Waals surface area (Å²) in [5.41, 5.74) is 5.79. The quantitative estimate of drug-likeness (QED) is 0.885. The van der Waals surface area contributed by atoms with Crippen LogP contribution in [0.25, 0.3) is 10.2 Å². The summed E-state index contributed by atoms with van der Waals surface area (Å²) in [4.78, 5) is 10.9. The Hall–Kier alpha value is -1.01. The van der Waals surface area contributed by atoms with Gasteiger partial charge in [-0.15, -0.1) is 11.3 Å². The molecular weight excluding hydrogens is 276 g/mol. The molecule has 2 aromatic heterocycles. The van der Waals surface area contributed by atoms with Crippen molar-refractivity contribution in [2.45, 2.75) is 31.9 Å². The molecule has 104 valence electrons. The Morgan fingerprint density at radius 3 is 2.79 bits per heavy atom. The number of nitrogen functional groups attached to an aromatic ring is 1. The highest BCUT2D eigenvalue weighted by Crippen LogP contribution is 2.30. The number of aryl methyl sites for hydroxylation is 1. The van der Waals surface area contributed by atoms with Crippen LogP contribution in [0, 0.1) is 0 Å². The topological polar surface area (TPSA) is 63.8 Å². The Morgan fingerprint density at radius 1 is 1.42 bits per heavy atom. The van der Waals surface area contributed by atoms with E-state index in [1.165, 1.54) is 4.88 Å². The van der Waals surface area contributed by atoms with E-state index in [1.54, 1.807) is 11.3 Å². The fourth-order valence-corrected chi connectivity index (χ4v) is 2.86. The number of nitrogens with zero attached hydrogens (tertiary/aromatic N) is 2. The molecule has 0 amide bonds. The highest BCUT2D eigenvalue weighted by molar-refractivity contribution is 7.99. The van der Waals surface area contributed by atoms with Crippen molar-refractivity contribution < 1.29 is 0 Å². The van der Waals surface area contributed by atoms with Crippen molar-refractivity contribution in [3.05, 3.63) is 10.9 Å². The molecule has 0 aliphatic carbocycles. The van der Waals surface area contributed by atoms with E-state index in [1.807, 2.05) is 11.8 Å². The minimum atomic E-state index is 0.162. The number of fused-ring (bicyclic) bond motifs is 1. The molecular formula is C13H20N4S2. The van der Waals surface area contributed by atoms with E-state index in [4.69, 9.17) is 5.73 Å². The van der Waals surface area contributed by atoms with Crippen LogP contribution in [0.3, 0.4) is 0 Å². The van der Waals surface area contributed by atoms with Crippen LogP contribution >= 0.6 is 23.1 Å². The first-order valence-corrected chi connectivity index (χ1v) is 8.34. The molecule has 4 nitrogen and oxygen atoms in total. The lowest BCUT2D eigenvalue weighted by atomic mass is 10.2. The van der Waals surface area contributed by atoms with Crippen LogP contribution in [-0.2, 0) is 6.42 Å². The summed E-state index contributed by atoms with van der Waals surface area (Å²) < 4.78 is 0.162. The summed E-state index contributed by atoms with van der Waals surface area (Å²) in [5.74, 6) is 1.18. The Balaban J connectivity index is 2.33. The number of aromatic nitrogens is 2. The first-order valence-electron chi connectivity index (χ1n) is 6.30. The molecule has 6 heteroatoms. The SMILES string of the molecule is CCc1cc2c(NCC(C)(C)SC)nc(N)nc2s1. The zero-order valence-electron chi connectivity index (χ0n) is 11.8. The molecule has 0 aliphatic heterocycles. The van der Waals surface area contributed by atoms with Gasteiger partial charge in [0.15, 0.2) is 0 Å². The Labute approximate surface area is 122 Å². The van der Waals surface area contributed by atoms with E-state index >= 15 is 0 Å². The van der Waals surface area contributed by atoms with Crippen molar-refractivity contribution in [2.75, 3.05) is 23.9 Å². The van der Waals surface area contributed by atoms with Gasteiger partial charge in [-0.05, 0) is 32.6 Å². The molecule has 3 N–H and O–H groups in total. The first kappa shape index (κ1) is 14.4. The standard InChI is InChI=1S/C13H20N4S2/c1-5-8-6-9-10(15-7-13(2,3)18-4)16-12(14)17-11(9)19-8/h6H,5,7H2,1-4H3,(H3,14,15,16,17). The molecule has 0 fully saturated rings. The summed E-state index contributed by atoms with van der Waals surface area (Å²) in [6.07, 6.45) is 3.13. The van der Waals surface area contributed by atoms with Crippen molar-refractivity contribution in [1.29, 1.82) is 0 Å². The molecule has 0 aliphatic rings. The van der Waals surface area contributed by atoms with Gasteiger partial charge in [-0.1, -0.05) is 6.92 Å². The highest BCUT2D eigenvalue weighted by atomic mass is 32.2. The van der Waals surface area contributed by atoms with E-state index in [9.17, 15) is 0 Å². The van der Waals surface area contributed by atoms with Gasteiger partial charge in [0, 0.05) is 16.2 Å². The van der Waals surface area contributed by atoms with Crippen LogP contribution in [0.1, 0.15) is 25.6 Å². The van der Waals surface area contributed by atoms with Crippen LogP contribution in [0.5, 0.6) is 0 Å². The lowest BCUT2D eigenvalue weighted by Crippen LogP contribution is -2.26. The van der Waals surface area contributed by atoms with Gasteiger partial charge in [0.1, 0.15) is 10.6 Å². The molecule has 19 heavy (non-hydrogen) atoms. The summed E-state index contributed by atoms with van der Waals surface area (Å²) in [7, 11) is 0. The monoisotopic (exact) mass is 296 g/mol. The van der Waals surface area contributed by atoms with Gasteiger partial charge in [0.25, 0.3) is 0 Å². The van der Waals surface area contributed by atoms with Crippen LogP contribution < -0.4 is 11.1 Å². The molecule has 0 spiro atoms. The van der Waals surface area contributed by atoms with E-state index in [-0.39, 0.29) is 4.75 Å². The van der Waals surface area contributed by atoms with Crippen LogP contribution in [-0.4, -0.2) is 27.5 Å². The predicted octanol–water partition coefficient (Wildman–Crippen LogP) is 3.39. The molecule has 2 rings (SSSR count). The molecule has 0 aromatic carbocycles. The first-order chi connectivity index (χ1) is 8.95. The van der Waals surface area contributed by atoms with Gasteiger partial charge in [0.05, 0.1) is 5.39 Å². The summed E-state index contributed by atoms with van der Waals surface area (Å²) in [5, 5.41) is 4.49. The minimum Gasteiger partial charge on any atom is -0.368 e. The number of nitrogens with one attached hydrogen (secondary N) is 1. The maximum atomic E-state index is 5.79.